The number of rotatable bonds is 6. The lowest BCUT2D eigenvalue weighted by Crippen LogP contribution is -2.35. The fourth-order valence-electron chi connectivity index (χ4n) is 3.74. The van der Waals surface area contributed by atoms with Crippen LogP contribution in [0, 0.1) is 0 Å². The maximum Gasteiger partial charge on any atom is 0.339 e. The summed E-state index contributed by atoms with van der Waals surface area (Å²) in [5, 5.41) is 3.07. The van der Waals surface area contributed by atoms with Crippen molar-refractivity contribution in [1.82, 2.24) is 9.29 Å². The van der Waals surface area contributed by atoms with E-state index in [2.05, 4.69) is 10.3 Å². The van der Waals surface area contributed by atoms with Crippen molar-refractivity contribution in [3.8, 4) is 0 Å². The van der Waals surface area contributed by atoms with Gasteiger partial charge in [0.15, 0.2) is 6.61 Å². The Morgan fingerprint density at radius 3 is 2.42 bits per heavy atom. The number of pyridine rings is 1. The number of sulfonamides is 1. The smallest absolute Gasteiger partial charge is 0.339 e. The van der Waals surface area contributed by atoms with Crippen LogP contribution in [-0.4, -0.2) is 49.3 Å². The van der Waals surface area contributed by atoms with Gasteiger partial charge in [0.1, 0.15) is 0 Å². The predicted molar refractivity (Wildman–Crippen MR) is 123 cm³/mol. The van der Waals surface area contributed by atoms with E-state index in [1.807, 2.05) is 0 Å². The molecule has 2 aromatic carbocycles. The van der Waals surface area contributed by atoms with Crippen molar-refractivity contribution in [1.29, 1.82) is 0 Å². The quantitative estimate of drug-likeness (QED) is 0.534. The third kappa shape index (κ3) is 5.12. The van der Waals surface area contributed by atoms with Gasteiger partial charge in [-0.25, -0.2) is 13.2 Å². The number of aromatic nitrogens is 1. The molecular weight excluding hydrogens is 446 g/mol. The summed E-state index contributed by atoms with van der Waals surface area (Å²) < 4.78 is 32.0. The standard InChI is InChI=1S/C23H23N3O6S/c27-21-14-19(18-6-2-3-7-20(18)25-21)23(29)32-15-22(28)24-16-8-10-17(11-9-16)33(30,31)26-12-4-1-5-13-26/h2-3,6-11,14H,1,4-5,12-13,15H2,(H,24,28)(H,25,27). The number of carbonyl (C=O) groups is 2. The highest BCUT2D eigenvalue weighted by Crippen LogP contribution is 2.22. The molecule has 0 aliphatic carbocycles. The molecule has 0 radical (unpaired) electrons. The zero-order chi connectivity index (χ0) is 23.4. The van der Waals surface area contributed by atoms with Gasteiger partial charge in [0.2, 0.25) is 15.6 Å². The van der Waals surface area contributed by atoms with Crippen LogP contribution in [0.25, 0.3) is 10.9 Å². The van der Waals surface area contributed by atoms with E-state index in [4.69, 9.17) is 4.74 Å². The highest BCUT2D eigenvalue weighted by molar-refractivity contribution is 7.89. The number of ether oxygens (including phenoxy) is 1. The first-order valence-electron chi connectivity index (χ1n) is 10.5. The molecule has 9 nitrogen and oxygen atoms in total. The molecule has 1 aliphatic heterocycles. The van der Waals surface area contributed by atoms with Gasteiger partial charge in [-0.05, 0) is 43.2 Å². The monoisotopic (exact) mass is 469 g/mol. The third-order valence-corrected chi connectivity index (χ3v) is 7.31. The van der Waals surface area contributed by atoms with Crippen molar-refractivity contribution in [2.75, 3.05) is 25.0 Å². The first-order valence-corrected chi connectivity index (χ1v) is 12.0. The minimum atomic E-state index is -3.56. The molecule has 0 spiro atoms. The van der Waals surface area contributed by atoms with Gasteiger partial charge in [0.25, 0.3) is 5.91 Å². The van der Waals surface area contributed by atoms with Crippen LogP contribution in [-0.2, 0) is 19.6 Å². The number of anilines is 1. The van der Waals surface area contributed by atoms with Crippen LogP contribution in [0.4, 0.5) is 5.69 Å². The van der Waals surface area contributed by atoms with E-state index < -0.39 is 34.1 Å². The van der Waals surface area contributed by atoms with E-state index in [-0.39, 0.29) is 10.5 Å². The lowest BCUT2D eigenvalue weighted by atomic mass is 10.1. The van der Waals surface area contributed by atoms with E-state index >= 15 is 0 Å². The molecule has 0 bridgehead atoms. The molecule has 1 saturated heterocycles. The zero-order valence-corrected chi connectivity index (χ0v) is 18.6. The summed E-state index contributed by atoms with van der Waals surface area (Å²) in [5.41, 5.74) is 0.468. The molecule has 0 atom stereocenters. The third-order valence-electron chi connectivity index (χ3n) is 5.40. The lowest BCUT2D eigenvalue weighted by molar-refractivity contribution is -0.119. The highest BCUT2D eigenvalue weighted by Gasteiger charge is 2.25. The van der Waals surface area contributed by atoms with Gasteiger partial charge in [-0.1, -0.05) is 24.6 Å². The number of nitrogens with one attached hydrogen (secondary N) is 2. The van der Waals surface area contributed by atoms with Crippen molar-refractivity contribution in [3.05, 3.63) is 70.5 Å². The van der Waals surface area contributed by atoms with Gasteiger partial charge >= 0.3 is 5.97 Å². The Balaban J connectivity index is 1.38. The van der Waals surface area contributed by atoms with Crippen molar-refractivity contribution >= 4 is 38.5 Å². The maximum atomic E-state index is 12.7. The van der Waals surface area contributed by atoms with Crippen LogP contribution in [0.15, 0.2) is 64.3 Å². The fourth-order valence-corrected chi connectivity index (χ4v) is 5.26. The average Bonchev–Trinajstić information content (AvgIpc) is 2.83. The molecule has 1 amide bonds. The lowest BCUT2D eigenvalue weighted by Gasteiger charge is -2.25. The second-order valence-electron chi connectivity index (χ2n) is 7.71. The van der Waals surface area contributed by atoms with Crippen LogP contribution in [0.2, 0.25) is 0 Å². The molecule has 2 heterocycles. The Morgan fingerprint density at radius 2 is 1.70 bits per heavy atom. The van der Waals surface area contributed by atoms with Crippen LogP contribution in [0.5, 0.6) is 0 Å². The van der Waals surface area contributed by atoms with E-state index in [0.29, 0.717) is 29.7 Å². The van der Waals surface area contributed by atoms with Crippen LogP contribution < -0.4 is 10.9 Å². The normalized spacial score (nSPS) is 14.7. The number of aromatic amines is 1. The van der Waals surface area contributed by atoms with E-state index in [0.717, 1.165) is 25.3 Å². The summed E-state index contributed by atoms with van der Waals surface area (Å²) in [6.07, 6.45) is 2.72. The van der Waals surface area contributed by atoms with Gasteiger partial charge in [-0.15, -0.1) is 0 Å². The summed E-state index contributed by atoms with van der Waals surface area (Å²) in [6.45, 7) is 0.456. The Labute approximate surface area is 190 Å². The first kappa shape index (κ1) is 22.7. The molecule has 1 aliphatic rings. The maximum absolute atomic E-state index is 12.7. The number of piperidine rings is 1. The molecule has 1 aromatic heterocycles. The predicted octanol–water partition coefficient (Wildman–Crippen LogP) is 2.50. The first-order chi connectivity index (χ1) is 15.8. The fraction of sp³-hybridized carbons (Fsp3) is 0.261. The number of carbonyl (C=O) groups excluding carboxylic acids is 2. The SMILES string of the molecule is O=C(COC(=O)c1cc(=O)[nH]c2ccccc12)Nc1ccc(S(=O)(=O)N2CCCCC2)cc1. The molecule has 2 N–H and O–H groups in total. The Bertz CT molecular complexity index is 1340. The van der Waals surface area contributed by atoms with E-state index in [1.165, 1.54) is 28.6 Å². The van der Waals surface area contributed by atoms with E-state index in [9.17, 15) is 22.8 Å². The Morgan fingerprint density at radius 1 is 1.00 bits per heavy atom. The van der Waals surface area contributed by atoms with Crippen molar-refractivity contribution in [2.45, 2.75) is 24.2 Å². The number of fused-ring (bicyclic) bond motifs is 1. The second kappa shape index (κ2) is 9.55. The van der Waals surface area contributed by atoms with Gasteiger partial charge in [-0.2, -0.15) is 4.31 Å². The molecule has 0 saturated carbocycles. The van der Waals surface area contributed by atoms with Crippen LogP contribution >= 0.6 is 0 Å². The Hall–Kier alpha value is -3.50. The number of para-hydroxylation sites is 1. The largest absolute Gasteiger partial charge is 0.452 e. The van der Waals surface area contributed by atoms with Crippen molar-refractivity contribution < 1.29 is 22.7 Å². The zero-order valence-electron chi connectivity index (χ0n) is 17.7. The molecule has 3 aromatic rings. The minimum absolute atomic E-state index is 0.0643. The Kier molecular flexibility index (Phi) is 6.57. The summed E-state index contributed by atoms with van der Waals surface area (Å²) in [4.78, 5) is 39.3. The van der Waals surface area contributed by atoms with Gasteiger partial charge in [0, 0.05) is 35.7 Å². The van der Waals surface area contributed by atoms with Gasteiger partial charge in [-0.3, -0.25) is 9.59 Å². The molecule has 33 heavy (non-hydrogen) atoms. The molecule has 0 unspecified atom stereocenters. The summed E-state index contributed by atoms with van der Waals surface area (Å²) in [6, 6.07) is 13.8. The number of hydrogen-bond acceptors (Lipinski definition) is 6. The molecule has 10 heteroatoms. The summed E-state index contributed by atoms with van der Waals surface area (Å²) >= 11 is 0. The molecule has 4 rings (SSSR count). The summed E-state index contributed by atoms with van der Waals surface area (Å²) in [5.74, 6) is -1.39. The number of H-pyrrole nitrogens is 1. The van der Waals surface area contributed by atoms with Crippen molar-refractivity contribution in [2.24, 2.45) is 0 Å². The summed E-state index contributed by atoms with van der Waals surface area (Å²) in [7, 11) is -3.56. The molecular formula is C23H23N3O6S. The number of benzene rings is 2. The number of nitrogens with zero attached hydrogens (tertiary/aromatic N) is 1. The van der Waals surface area contributed by atoms with Crippen LogP contribution in [0.1, 0.15) is 29.6 Å². The second-order valence-corrected chi connectivity index (χ2v) is 9.64. The highest BCUT2D eigenvalue weighted by atomic mass is 32.2. The molecule has 1 fully saturated rings. The number of hydrogen-bond donors (Lipinski definition) is 2. The topological polar surface area (TPSA) is 126 Å². The van der Waals surface area contributed by atoms with Crippen molar-refractivity contribution in [3.63, 3.8) is 0 Å². The van der Waals surface area contributed by atoms with E-state index in [1.54, 1.807) is 24.3 Å². The number of esters is 1. The van der Waals surface area contributed by atoms with Crippen LogP contribution in [0.3, 0.4) is 0 Å². The van der Waals surface area contributed by atoms with Gasteiger partial charge in [0.05, 0.1) is 10.5 Å². The molecule has 172 valence electrons. The van der Waals surface area contributed by atoms with Gasteiger partial charge < -0.3 is 15.0 Å². The average molecular weight is 470 g/mol. The number of amides is 1. The minimum Gasteiger partial charge on any atom is -0.452 e.